The fourth-order valence-electron chi connectivity index (χ4n) is 1.78. The van der Waals surface area contributed by atoms with Crippen molar-refractivity contribution >= 4 is 5.78 Å². The number of aromatic nitrogens is 2. The van der Waals surface area contributed by atoms with Crippen molar-refractivity contribution in [3.8, 4) is 5.75 Å². The summed E-state index contributed by atoms with van der Waals surface area (Å²) in [6, 6.07) is 7.26. The maximum atomic E-state index is 12.1. The first-order chi connectivity index (χ1) is 8.74. The Morgan fingerprint density at radius 3 is 2.61 bits per heavy atom. The normalized spacial score (nSPS) is 14.5. The van der Waals surface area contributed by atoms with Gasteiger partial charge in [0.1, 0.15) is 5.75 Å². The summed E-state index contributed by atoms with van der Waals surface area (Å²) >= 11 is 0. The third-order valence-electron chi connectivity index (χ3n) is 2.97. The lowest BCUT2D eigenvalue weighted by molar-refractivity contribution is 0.102. The first-order valence-electron chi connectivity index (χ1n) is 6.03. The number of ketones is 1. The third kappa shape index (κ3) is 2.14. The number of rotatable bonds is 4. The SMILES string of the molecule is Cn1ccnc1C(=O)c1ccc(OC2CC2)cc1. The van der Waals surface area contributed by atoms with Gasteiger partial charge in [0.15, 0.2) is 5.82 Å². The van der Waals surface area contributed by atoms with Crippen LogP contribution in [-0.4, -0.2) is 21.4 Å². The molecule has 0 unspecified atom stereocenters. The van der Waals surface area contributed by atoms with E-state index in [1.54, 1.807) is 29.1 Å². The van der Waals surface area contributed by atoms with E-state index >= 15 is 0 Å². The molecule has 0 amide bonds. The van der Waals surface area contributed by atoms with Crippen LogP contribution in [0.4, 0.5) is 0 Å². The lowest BCUT2D eigenvalue weighted by atomic mass is 10.1. The minimum absolute atomic E-state index is 0.0690. The molecule has 0 spiro atoms. The van der Waals surface area contributed by atoms with Crippen LogP contribution in [0.5, 0.6) is 5.75 Å². The number of aryl methyl sites for hydroxylation is 1. The van der Waals surface area contributed by atoms with Crippen LogP contribution in [0.3, 0.4) is 0 Å². The molecule has 3 rings (SSSR count). The molecule has 0 bridgehead atoms. The Bertz CT molecular complexity index is 568. The van der Waals surface area contributed by atoms with Gasteiger partial charge < -0.3 is 9.30 Å². The molecule has 4 heteroatoms. The Kier molecular flexibility index (Phi) is 2.63. The predicted molar refractivity (Wildman–Crippen MR) is 66.7 cm³/mol. The van der Waals surface area contributed by atoms with Crippen molar-refractivity contribution in [3.05, 3.63) is 48.0 Å². The number of carbonyl (C=O) groups is 1. The number of ether oxygens (including phenoxy) is 1. The van der Waals surface area contributed by atoms with Crippen molar-refractivity contribution in [1.82, 2.24) is 9.55 Å². The molecule has 1 aliphatic rings. The summed E-state index contributed by atoms with van der Waals surface area (Å²) < 4.78 is 7.36. The van der Waals surface area contributed by atoms with Crippen molar-refractivity contribution in [2.24, 2.45) is 7.05 Å². The first kappa shape index (κ1) is 11.0. The Morgan fingerprint density at radius 1 is 1.33 bits per heavy atom. The average Bonchev–Trinajstić information content (AvgIpc) is 3.09. The zero-order chi connectivity index (χ0) is 12.5. The van der Waals surface area contributed by atoms with E-state index in [2.05, 4.69) is 4.98 Å². The predicted octanol–water partition coefficient (Wildman–Crippen LogP) is 2.19. The van der Waals surface area contributed by atoms with Gasteiger partial charge in [0.2, 0.25) is 5.78 Å². The molecule has 0 saturated heterocycles. The van der Waals surface area contributed by atoms with E-state index in [9.17, 15) is 4.79 Å². The molecular weight excluding hydrogens is 228 g/mol. The molecule has 1 saturated carbocycles. The number of hydrogen-bond donors (Lipinski definition) is 0. The molecule has 1 fully saturated rings. The summed E-state index contributed by atoms with van der Waals surface area (Å²) in [5, 5.41) is 0. The van der Waals surface area contributed by atoms with Crippen molar-refractivity contribution < 1.29 is 9.53 Å². The van der Waals surface area contributed by atoms with Crippen molar-refractivity contribution in [2.45, 2.75) is 18.9 Å². The minimum atomic E-state index is -0.0690. The molecule has 1 aliphatic carbocycles. The summed E-state index contributed by atoms with van der Waals surface area (Å²) in [5.41, 5.74) is 0.632. The van der Waals surface area contributed by atoms with Gasteiger partial charge in [-0.05, 0) is 37.1 Å². The molecule has 0 N–H and O–H groups in total. The average molecular weight is 242 g/mol. The summed E-state index contributed by atoms with van der Waals surface area (Å²) in [7, 11) is 1.81. The Hall–Kier alpha value is -2.10. The highest BCUT2D eigenvalue weighted by Gasteiger charge is 2.23. The minimum Gasteiger partial charge on any atom is -0.490 e. The number of nitrogens with zero attached hydrogens (tertiary/aromatic N) is 2. The topological polar surface area (TPSA) is 44.1 Å². The summed E-state index contributed by atoms with van der Waals surface area (Å²) in [4.78, 5) is 16.2. The molecule has 0 aliphatic heterocycles. The van der Waals surface area contributed by atoms with Crippen LogP contribution in [0, 0.1) is 0 Å². The van der Waals surface area contributed by atoms with E-state index in [4.69, 9.17) is 4.74 Å². The van der Waals surface area contributed by atoms with Crippen LogP contribution in [0.2, 0.25) is 0 Å². The van der Waals surface area contributed by atoms with Gasteiger partial charge >= 0.3 is 0 Å². The van der Waals surface area contributed by atoms with Crippen LogP contribution in [0.25, 0.3) is 0 Å². The van der Waals surface area contributed by atoms with Crippen LogP contribution in [0.15, 0.2) is 36.7 Å². The molecule has 18 heavy (non-hydrogen) atoms. The number of hydrogen-bond acceptors (Lipinski definition) is 3. The maximum absolute atomic E-state index is 12.1. The fourth-order valence-corrected chi connectivity index (χ4v) is 1.78. The van der Waals surface area contributed by atoms with Gasteiger partial charge in [-0.1, -0.05) is 0 Å². The highest BCUT2D eigenvalue weighted by atomic mass is 16.5. The lowest BCUT2D eigenvalue weighted by Gasteiger charge is -2.05. The van der Waals surface area contributed by atoms with E-state index in [1.165, 1.54) is 0 Å². The van der Waals surface area contributed by atoms with Gasteiger partial charge in [-0.2, -0.15) is 0 Å². The van der Waals surface area contributed by atoms with Gasteiger partial charge in [-0.15, -0.1) is 0 Å². The zero-order valence-electron chi connectivity index (χ0n) is 10.2. The lowest BCUT2D eigenvalue weighted by Crippen LogP contribution is -2.08. The van der Waals surface area contributed by atoms with Crippen LogP contribution >= 0.6 is 0 Å². The van der Waals surface area contributed by atoms with E-state index in [0.29, 0.717) is 17.5 Å². The maximum Gasteiger partial charge on any atom is 0.228 e. The Morgan fingerprint density at radius 2 is 2.06 bits per heavy atom. The molecule has 1 aromatic carbocycles. The summed E-state index contributed by atoms with van der Waals surface area (Å²) in [5.74, 6) is 1.21. The molecule has 4 nitrogen and oxygen atoms in total. The number of carbonyl (C=O) groups excluding carboxylic acids is 1. The zero-order valence-corrected chi connectivity index (χ0v) is 10.2. The Labute approximate surface area is 105 Å². The smallest absolute Gasteiger partial charge is 0.228 e. The summed E-state index contributed by atoms with van der Waals surface area (Å²) in [6.45, 7) is 0. The number of benzene rings is 1. The van der Waals surface area contributed by atoms with Crippen LogP contribution in [0.1, 0.15) is 29.0 Å². The highest BCUT2D eigenvalue weighted by molar-refractivity contribution is 6.06. The van der Waals surface area contributed by atoms with Crippen LogP contribution in [-0.2, 0) is 7.05 Å². The third-order valence-corrected chi connectivity index (χ3v) is 2.97. The van der Waals surface area contributed by atoms with E-state index in [-0.39, 0.29) is 5.78 Å². The molecule has 92 valence electrons. The van der Waals surface area contributed by atoms with E-state index in [0.717, 1.165) is 18.6 Å². The quantitative estimate of drug-likeness (QED) is 0.772. The molecule has 1 heterocycles. The van der Waals surface area contributed by atoms with Gasteiger partial charge in [0, 0.05) is 25.0 Å². The molecule has 1 aromatic heterocycles. The first-order valence-corrected chi connectivity index (χ1v) is 6.03. The van der Waals surface area contributed by atoms with Gasteiger partial charge in [-0.3, -0.25) is 4.79 Å². The monoisotopic (exact) mass is 242 g/mol. The number of imidazole rings is 1. The van der Waals surface area contributed by atoms with Crippen LogP contribution < -0.4 is 4.74 Å². The van der Waals surface area contributed by atoms with Gasteiger partial charge in [0.25, 0.3) is 0 Å². The van der Waals surface area contributed by atoms with E-state index in [1.807, 2.05) is 19.2 Å². The van der Waals surface area contributed by atoms with Crippen molar-refractivity contribution in [3.63, 3.8) is 0 Å². The second kappa shape index (κ2) is 4.29. The fraction of sp³-hybridized carbons (Fsp3) is 0.286. The van der Waals surface area contributed by atoms with Gasteiger partial charge in [0.05, 0.1) is 6.10 Å². The molecule has 2 aromatic rings. The van der Waals surface area contributed by atoms with Crippen molar-refractivity contribution in [2.75, 3.05) is 0 Å². The second-order valence-electron chi connectivity index (χ2n) is 4.53. The van der Waals surface area contributed by atoms with Crippen molar-refractivity contribution in [1.29, 1.82) is 0 Å². The molecule has 0 radical (unpaired) electrons. The van der Waals surface area contributed by atoms with E-state index < -0.39 is 0 Å². The molecule has 0 atom stereocenters. The molecular formula is C14H14N2O2. The highest BCUT2D eigenvalue weighted by Crippen LogP contribution is 2.26. The largest absolute Gasteiger partial charge is 0.490 e. The standard InChI is InChI=1S/C14H14N2O2/c1-16-9-8-15-14(16)13(17)10-2-4-11(5-3-10)18-12-6-7-12/h2-5,8-9,12H,6-7H2,1H3. The van der Waals surface area contributed by atoms with Gasteiger partial charge in [-0.25, -0.2) is 4.98 Å². The summed E-state index contributed by atoms with van der Waals surface area (Å²) in [6.07, 6.45) is 6.03. The Balaban J connectivity index is 1.79. The second-order valence-corrected chi connectivity index (χ2v) is 4.53.